The van der Waals surface area contributed by atoms with Gasteiger partial charge in [0.05, 0.1) is 0 Å². The zero-order chi connectivity index (χ0) is 15.0. The fourth-order valence-electron chi connectivity index (χ4n) is 1.35. The number of carbonyl (C=O) groups excluding carboxylic acids is 2. The van der Waals surface area contributed by atoms with Gasteiger partial charge in [-0.15, -0.1) is 19.0 Å². The van der Waals surface area contributed by atoms with Gasteiger partial charge in [-0.2, -0.15) is 0 Å². The zero-order valence-electron chi connectivity index (χ0n) is 11.9. The number of halogens is 1. The van der Waals surface area contributed by atoms with E-state index in [-0.39, 0.29) is 30.3 Å². The van der Waals surface area contributed by atoms with Gasteiger partial charge in [-0.3, -0.25) is 4.79 Å². The quantitative estimate of drug-likeness (QED) is 0.604. The van der Waals surface area contributed by atoms with Crippen molar-refractivity contribution in [1.29, 1.82) is 0 Å². The van der Waals surface area contributed by atoms with Gasteiger partial charge in [0.2, 0.25) is 5.91 Å². The van der Waals surface area contributed by atoms with Crippen molar-refractivity contribution in [2.24, 2.45) is 11.7 Å². The number of hydrogen-bond donors (Lipinski definition) is 4. The molecule has 6 nitrogen and oxygen atoms in total. The van der Waals surface area contributed by atoms with Crippen LogP contribution < -0.4 is 21.7 Å². The van der Waals surface area contributed by atoms with Crippen molar-refractivity contribution in [1.82, 2.24) is 5.32 Å². The van der Waals surface area contributed by atoms with Gasteiger partial charge in [0.15, 0.2) is 0 Å². The molecule has 1 rings (SSSR count). The molecule has 116 valence electrons. The van der Waals surface area contributed by atoms with Crippen molar-refractivity contribution in [2.45, 2.75) is 6.92 Å². The van der Waals surface area contributed by atoms with Crippen molar-refractivity contribution in [2.75, 3.05) is 23.7 Å². The summed E-state index contributed by atoms with van der Waals surface area (Å²) in [5.74, 6) is -0.366. The Kier molecular flexibility index (Phi) is 8.84. The Bertz CT molecular complexity index is 476. The molecule has 1 aromatic rings. The summed E-state index contributed by atoms with van der Waals surface area (Å²) in [5.41, 5.74) is 6.72. The monoisotopic (exact) mass is 312 g/mol. The lowest BCUT2D eigenvalue weighted by Gasteiger charge is -2.11. The van der Waals surface area contributed by atoms with Gasteiger partial charge < -0.3 is 21.7 Å². The number of nitrogens with one attached hydrogen (secondary N) is 3. The van der Waals surface area contributed by atoms with Gasteiger partial charge in [0, 0.05) is 30.4 Å². The highest BCUT2D eigenvalue weighted by Gasteiger charge is 2.10. The van der Waals surface area contributed by atoms with Gasteiger partial charge >= 0.3 is 6.03 Å². The van der Waals surface area contributed by atoms with Crippen LogP contribution in [0.25, 0.3) is 0 Å². The highest BCUT2D eigenvalue weighted by molar-refractivity contribution is 5.93. The number of nitrogens with two attached hydrogens (primary N) is 1. The molecule has 0 aliphatic rings. The lowest BCUT2D eigenvalue weighted by Crippen LogP contribution is -2.28. The van der Waals surface area contributed by atoms with E-state index >= 15 is 0 Å². The molecule has 0 fully saturated rings. The predicted molar refractivity (Wildman–Crippen MR) is 87.8 cm³/mol. The van der Waals surface area contributed by atoms with E-state index in [1.807, 2.05) is 0 Å². The minimum absolute atomic E-state index is 0. The first-order chi connectivity index (χ1) is 9.56. The number of benzene rings is 1. The average Bonchev–Trinajstić information content (AvgIpc) is 2.46. The summed E-state index contributed by atoms with van der Waals surface area (Å²) in [5, 5.41) is 8.01. The minimum atomic E-state index is -0.307. The van der Waals surface area contributed by atoms with Crippen LogP contribution in [0.1, 0.15) is 6.92 Å². The van der Waals surface area contributed by atoms with Crippen LogP contribution in [-0.4, -0.2) is 25.0 Å². The van der Waals surface area contributed by atoms with Gasteiger partial charge in [-0.25, -0.2) is 4.79 Å². The van der Waals surface area contributed by atoms with Crippen LogP contribution in [0.2, 0.25) is 0 Å². The molecule has 3 amide bonds. The molecular formula is C14H21ClN4O2. The maximum atomic E-state index is 11.6. The molecular weight excluding hydrogens is 292 g/mol. The zero-order valence-corrected chi connectivity index (χ0v) is 12.7. The van der Waals surface area contributed by atoms with Crippen LogP contribution in [0.15, 0.2) is 36.9 Å². The molecule has 0 spiro atoms. The molecule has 1 unspecified atom stereocenters. The van der Waals surface area contributed by atoms with Gasteiger partial charge in [0.1, 0.15) is 0 Å². The summed E-state index contributed by atoms with van der Waals surface area (Å²) in [4.78, 5) is 23.1. The van der Waals surface area contributed by atoms with E-state index in [1.54, 1.807) is 37.3 Å². The number of hydrogen-bond acceptors (Lipinski definition) is 3. The molecule has 0 radical (unpaired) electrons. The second-order valence-electron chi connectivity index (χ2n) is 4.33. The van der Waals surface area contributed by atoms with E-state index in [0.29, 0.717) is 24.5 Å². The fraction of sp³-hybridized carbons (Fsp3) is 0.286. The van der Waals surface area contributed by atoms with Crippen LogP contribution in [-0.2, 0) is 4.79 Å². The average molecular weight is 313 g/mol. The predicted octanol–water partition coefficient (Wildman–Crippen LogP) is 1.95. The first-order valence-electron chi connectivity index (χ1n) is 6.33. The standard InChI is InChI=1S/C14H20N4O2.ClH/c1-3-8-16-14(20)18-12-6-4-11(5-7-12)17-13(19)10(2)9-15;/h3-7,10H,1,8-9,15H2,2H3,(H,17,19)(H2,16,18,20);1H. The lowest BCUT2D eigenvalue weighted by molar-refractivity contribution is -0.119. The molecule has 7 heteroatoms. The fourth-order valence-corrected chi connectivity index (χ4v) is 1.35. The Balaban J connectivity index is 0.00000400. The SMILES string of the molecule is C=CCNC(=O)Nc1ccc(NC(=O)C(C)CN)cc1.Cl. The molecule has 0 heterocycles. The molecule has 0 aliphatic carbocycles. The van der Waals surface area contributed by atoms with Crippen LogP contribution in [0.3, 0.4) is 0 Å². The molecule has 5 N–H and O–H groups in total. The van der Waals surface area contributed by atoms with Crippen molar-refractivity contribution < 1.29 is 9.59 Å². The maximum Gasteiger partial charge on any atom is 0.319 e. The number of urea groups is 1. The van der Waals surface area contributed by atoms with Crippen molar-refractivity contribution in [3.63, 3.8) is 0 Å². The highest BCUT2D eigenvalue weighted by Crippen LogP contribution is 2.14. The lowest BCUT2D eigenvalue weighted by atomic mass is 10.1. The highest BCUT2D eigenvalue weighted by atomic mass is 35.5. The van der Waals surface area contributed by atoms with Crippen LogP contribution in [0.4, 0.5) is 16.2 Å². The van der Waals surface area contributed by atoms with Crippen molar-refractivity contribution in [3.05, 3.63) is 36.9 Å². The Morgan fingerprint density at radius 3 is 2.24 bits per heavy atom. The molecule has 0 aliphatic heterocycles. The van der Waals surface area contributed by atoms with Gasteiger partial charge in [-0.1, -0.05) is 13.0 Å². The molecule has 0 bridgehead atoms. The topological polar surface area (TPSA) is 96.2 Å². The second kappa shape index (κ2) is 9.79. The molecule has 0 saturated heterocycles. The molecule has 1 aromatic carbocycles. The van der Waals surface area contributed by atoms with E-state index in [1.165, 1.54) is 0 Å². The van der Waals surface area contributed by atoms with Crippen molar-refractivity contribution in [3.8, 4) is 0 Å². The maximum absolute atomic E-state index is 11.6. The molecule has 21 heavy (non-hydrogen) atoms. The van der Waals surface area contributed by atoms with Gasteiger partial charge in [-0.05, 0) is 24.3 Å². The summed E-state index contributed by atoms with van der Waals surface area (Å²) in [6.45, 7) is 5.97. The Morgan fingerprint density at radius 1 is 1.24 bits per heavy atom. The van der Waals surface area contributed by atoms with E-state index in [2.05, 4.69) is 22.5 Å². The summed E-state index contributed by atoms with van der Waals surface area (Å²) in [6, 6.07) is 6.53. The summed E-state index contributed by atoms with van der Waals surface area (Å²) < 4.78 is 0. The molecule has 1 atom stereocenters. The first-order valence-corrected chi connectivity index (χ1v) is 6.33. The summed E-state index contributed by atoms with van der Waals surface area (Å²) >= 11 is 0. The minimum Gasteiger partial charge on any atom is -0.334 e. The third-order valence-electron chi connectivity index (χ3n) is 2.62. The summed E-state index contributed by atoms with van der Waals surface area (Å²) in [6.07, 6.45) is 1.59. The largest absolute Gasteiger partial charge is 0.334 e. The van der Waals surface area contributed by atoms with Crippen LogP contribution in [0.5, 0.6) is 0 Å². The van der Waals surface area contributed by atoms with E-state index < -0.39 is 0 Å². The number of amides is 3. The number of anilines is 2. The molecule has 0 aromatic heterocycles. The Hall–Kier alpha value is -2.05. The second-order valence-corrected chi connectivity index (χ2v) is 4.33. The molecule has 0 saturated carbocycles. The van der Waals surface area contributed by atoms with E-state index in [9.17, 15) is 9.59 Å². The summed E-state index contributed by atoms with van der Waals surface area (Å²) in [7, 11) is 0. The third kappa shape index (κ3) is 6.78. The van der Waals surface area contributed by atoms with Crippen LogP contribution in [0, 0.1) is 5.92 Å². The normalized spacial score (nSPS) is 10.8. The van der Waals surface area contributed by atoms with E-state index in [0.717, 1.165) is 0 Å². The van der Waals surface area contributed by atoms with Gasteiger partial charge in [0.25, 0.3) is 0 Å². The first kappa shape index (κ1) is 18.9. The van der Waals surface area contributed by atoms with E-state index in [4.69, 9.17) is 5.73 Å². The number of rotatable bonds is 6. The van der Waals surface area contributed by atoms with Crippen LogP contribution >= 0.6 is 12.4 Å². The Labute approximate surface area is 130 Å². The van der Waals surface area contributed by atoms with Crippen molar-refractivity contribution >= 4 is 35.7 Å². The smallest absolute Gasteiger partial charge is 0.319 e. The third-order valence-corrected chi connectivity index (χ3v) is 2.62. The number of carbonyl (C=O) groups is 2. The Morgan fingerprint density at radius 2 is 1.76 bits per heavy atom.